The second-order valence-corrected chi connectivity index (χ2v) is 4.81. The van der Waals surface area contributed by atoms with E-state index in [1.807, 2.05) is 0 Å². The second kappa shape index (κ2) is 6.21. The lowest BCUT2D eigenvalue weighted by molar-refractivity contribution is -0.142. The summed E-state index contributed by atoms with van der Waals surface area (Å²) in [7, 11) is 0. The van der Waals surface area contributed by atoms with Gasteiger partial charge in [-0.1, -0.05) is 17.7 Å². The molecule has 7 nitrogen and oxygen atoms in total. The van der Waals surface area contributed by atoms with Gasteiger partial charge >= 0.3 is 0 Å². The Hall–Kier alpha value is -1.96. The monoisotopic (exact) mass is 308 g/mol. The summed E-state index contributed by atoms with van der Waals surface area (Å²) in [5, 5.41) is 7.29. The molecule has 1 aliphatic heterocycles. The molecule has 110 valence electrons. The van der Waals surface area contributed by atoms with Crippen LogP contribution >= 0.6 is 11.6 Å². The van der Waals surface area contributed by atoms with E-state index in [4.69, 9.17) is 21.1 Å². The highest BCUT2D eigenvalue weighted by Gasteiger charge is 2.24. The third-order valence-corrected chi connectivity index (χ3v) is 3.31. The number of aromatic nitrogens is 3. The van der Waals surface area contributed by atoms with Crippen LogP contribution in [-0.4, -0.2) is 46.6 Å². The van der Waals surface area contributed by atoms with Gasteiger partial charge in [-0.25, -0.2) is 9.67 Å². The Labute approximate surface area is 125 Å². The predicted octanol–water partition coefficient (Wildman–Crippen LogP) is 1.27. The van der Waals surface area contributed by atoms with Crippen molar-refractivity contribution in [3.63, 3.8) is 0 Å². The lowest BCUT2D eigenvalue weighted by Crippen LogP contribution is -2.39. The smallest absolute Gasteiger partial charge is 0.255 e. The van der Waals surface area contributed by atoms with Crippen LogP contribution in [0.4, 0.5) is 5.69 Å². The molecule has 0 aliphatic carbocycles. The summed E-state index contributed by atoms with van der Waals surface area (Å²) in [4.78, 5) is 16.1. The fourth-order valence-corrected chi connectivity index (χ4v) is 2.29. The van der Waals surface area contributed by atoms with Gasteiger partial charge in [0.2, 0.25) is 0 Å². The number of para-hydroxylation sites is 1. The number of halogens is 1. The van der Waals surface area contributed by atoms with E-state index >= 15 is 0 Å². The number of nitrogens with one attached hydrogen (secondary N) is 1. The lowest BCUT2D eigenvalue weighted by Gasteiger charge is -2.22. The fraction of sp³-hybridized carbons (Fsp3) is 0.308. The number of carbonyl (C=O) groups excluding carboxylic acids is 1. The van der Waals surface area contributed by atoms with E-state index in [2.05, 4.69) is 15.4 Å². The van der Waals surface area contributed by atoms with Crippen molar-refractivity contribution in [3.8, 4) is 5.69 Å². The Balaban J connectivity index is 1.85. The molecule has 1 aromatic heterocycles. The van der Waals surface area contributed by atoms with Crippen molar-refractivity contribution in [3.05, 3.63) is 35.9 Å². The van der Waals surface area contributed by atoms with Crippen LogP contribution < -0.4 is 5.32 Å². The first-order chi connectivity index (χ1) is 10.3. The van der Waals surface area contributed by atoms with Gasteiger partial charge in [-0.15, -0.1) is 0 Å². The van der Waals surface area contributed by atoms with E-state index in [0.29, 0.717) is 29.6 Å². The molecule has 1 amide bonds. The van der Waals surface area contributed by atoms with Crippen LogP contribution in [0.25, 0.3) is 5.69 Å². The van der Waals surface area contributed by atoms with E-state index < -0.39 is 6.10 Å². The summed E-state index contributed by atoms with van der Waals surface area (Å²) in [5.74, 6) is -0.279. The highest BCUT2D eigenvalue weighted by molar-refractivity contribution is 6.33. The molecule has 1 fully saturated rings. The van der Waals surface area contributed by atoms with Crippen molar-refractivity contribution in [2.24, 2.45) is 0 Å². The van der Waals surface area contributed by atoms with Crippen LogP contribution in [0.3, 0.4) is 0 Å². The van der Waals surface area contributed by atoms with E-state index in [1.54, 1.807) is 18.2 Å². The zero-order valence-electron chi connectivity index (χ0n) is 11.0. The number of benzene rings is 1. The number of carbonyl (C=O) groups is 1. The molecule has 0 bridgehead atoms. The van der Waals surface area contributed by atoms with Crippen LogP contribution in [0.1, 0.15) is 0 Å². The van der Waals surface area contributed by atoms with E-state index in [0.717, 1.165) is 0 Å². The Morgan fingerprint density at radius 1 is 1.43 bits per heavy atom. The zero-order valence-corrected chi connectivity index (χ0v) is 11.8. The molecule has 1 N–H and O–H groups in total. The number of hydrogen-bond donors (Lipinski definition) is 1. The maximum Gasteiger partial charge on any atom is 0.255 e. The van der Waals surface area contributed by atoms with Gasteiger partial charge in [0.1, 0.15) is 18.3 Å². The summed E-state index contributed by atoms with van der Waals surface area (Å²) >= 11 is 6.19. The maximum atomic E-state index is 12.2. The van der Waals surface area contributed by atoms with E-state index in [-0.39, 0.29) is 12.5 Å². The molecular formula is C13H13ClN4O3. The summed E-state index contributed by atoms with van der Waals surface area (Å²) in [6.45, 7) is 1.15. The largest absolute Gasteiger partial charge is 0.376 e. The van der Waals surface area contributed by atoms with Crippen molar-refractivity contribution in [1.29, 1.82) is 0 Å². The molecule has 2 heterocycles. The summed E-state index contributed by atoms with van der Waals surface area (Å²) in [6.07, 6.45) is 2.28. The standard InChI is InChI=1S/C13H13ClN4O3/c14-9-2-1-3-10(12(9)18-8-15-7-16-18)17-13(19)11-6-20-4-5-21-11/h1-3,7-8,11H,4-6H2,(H,17,19). The molecule has 1 saturated heterocycles. The predicted molar refractivity (Wildman–Crippen MR) is 75.6 cm³/mol. The van der Waals surface area contributed by atoms with Gasteiger partial charge in [-0.3, -0.25) is 4.79 Å². The van der Waals surface area contributed by atoms with Gasteiger partial charge in [-0.2, -0.15) is 5.10 Å². The molecule has 0 saturated carbocycles. The first-order valence-corrected chi connectivity index (χ1v) is 6.77. The Bertz CT molecular complexity index is 626. The number of ether oxygens (including phenoxy) is 2. The van der Waals surface area contributed by atoms with Gasteiger partial charge in [0, 0.05) is 0 Å². The van der Waals surface area contributed by atoms with E-state index in [9.17, 15) is 4.79 Å². The topological polar surface area (TPSA) is 78.3 Å². The molecular weight excluding hydrogens is 296 g/mol. The quantitative estimate of drug-likeness (QED) is 0.924. The molecule has 3 rings (SSSR count). The highest BCUT2D eigenvalue weighted by atomic mass is 35.5. The van der Waals surface area contributed by atoms with Crippen molar-refractivity contribution >= 4 is 23.2 Å². The second-order valence-electron chi connectivity index (χ2n) is 4.40. The third-order valence-electron chi connectivity index (χ3n) is 3.00. The van der Waals surface area contributed by atoms with Crippen LogP contribution in [-0.2, 0) is 14.3 Å². The summed E-state index contributed by atoms with van der Waals surface area (Å²) in [6, 6.07) is 5.20. The molecule has 0 spiro atoms. The number of hydrogen-bond acceptors (Lipinski definition) is 5. The average Bonchev–Trinajstić information content (AvgIpc) is 3.02. The molecule has 2 aromatic rings. The Kier molecular flexibility index (Phi) is 4.14. The Morgan fingerprint density at radius 3 is 3.05 bits per heavy atom. The van der Waals surface area contributed by atoms with Gasteiger partial charge in [0.25, 0.3) is 5.91 Å². The SMILES string of the molecule is O=C(Nc1cccc(Cl)c1-n1cncn1)C1COCCO1. The van der Waals surface area contributed by atoms with Crippen molar-refractivity contribution in [2.45, 2.75) is 6.10 Å². The zero-order chi connectivity index (χ0) is 14.7. The third kappa shape index (κ3) is 3.05. The molecule has 8 heteroatoms. The van der Waals surface area contributed by atoms with Crippen molar-refractivity contribution in [1.82, 2.24) is 14.8 Å². The fourth-order valence-electron chi connectivity index (χ4n) is 2.03. The van der Waals surface area contributed by atoms with Crippen LogP contribution in [0, 0.1) is 0 Å². The van der Waals surface area contributed by atoms with Crippen LogP contribution in [0.15, 0.2) is 30.9 Å². The van der Waals surface area contributed by atoms with Gasteiger partial charge in [0.15, 0.2) is 6.10 Å². The minimum Gasteiger partial charge on any atom is -0.376 e. The van der Waals surface area contributed by atoms with Crippen LogP contribution in [0.2, 0.25) is 5.02 Å². The minimum atomic E-state index is -0.624. The molecule has 1 unspecified atom stereocenters. The van der Waals surface area contributed by atoms with Gasteiger partial charge in [-0.05, 0) is 12.1 Å². The van der Waals surface area contributed by atoms with Crippen molar-refractivity contribution in [2.75, 3.05) is 25.1 Å². The van der Waals surface area contributed by atoms with Gasteiger partial charge < -0.3 is 14.8 Å². The maximum absolute atomic E-state index is 12.2. The molecule has 1 atom stereocenters. The highest BCUT2D eigenvalue weighted by Crippen LogP contribution is 2.28. The molecule has 21 heavy (non-hydrogen) atoms. The first kappa shape index (κ1) is 14.0. The number of nitrogens with zero attached hydrogens (tertiary/aromatic N) is 3. The molecule has 1 aliphatic rings. The van der Waals surface area contributed by atoms with Crippen LogP contribution in [0.5, 0.6) is 0 Å². The first-order valence-electron chi connectivity index (χ1n) is 6.39. The number of anilines is 1. The van der Waals surface area contributed by atoms with E-state index in [1.165, 1.54) is 17.3 Å². The summed E-state index contributed by atoms with van der Waals surface area (Å²) in [5.41, 5.74) is 1.09. The lowest BCUT2D eigenvalue weighted by atomic mass is 10.2. The number of amides is 1. The average molecular weight is 309 g/mol. The van der Waals surface area contributed by atoms with Crippen molar-refractivity contribution < 1.29 is 14.3 Å². The minimum absolute atomic E-state index is 0.241. The normalized spacial score (nSPS) is 18.4. The number of rotatable bonds is 3. The Morgan fingerprint density at radius 2 is 2.33 bits per heavy atom. The molecule has 1 aromatic carbocycles. The summed E-state index contributed by atoms with van der Waals surface area (Å²) < 4.78 is 12.1. The van der Waals surface area contributed by atoms with Gasteiger partial charge in [0.05, 0.1) is 30.5 Å². The molecule has 0 radical (unpaired) electrons.